The summed E-state index contributed by atoms with van der Waals surface area (Å²) in [4.78, 5) is 14.1. The Morgan fingerprint density at radius 1 is 1.29 bits per heavy atom. The number of nitrogens with zero attached hydrogens (tertiary/aromatic N) is 1. The molecule has 4 heteroatoms. The summed E-state index contributed by atoms with van der Waals surface area (Å²) in [6, 6.07) is 0.502. The van der Waals surface area contributed by atoms with Gasteiger partial charge in [0.05, 0.1) is 5.92 Å². The molecular weight excluding hydrogens is 178 g/mol. The van der Waals surface area contributed by atoms with Gasteiger partial charge in [0.1, 0.15) is 0 Å². The number of amides is 1. The van der Waals surface area contributed by atoms with Gasteiger partial charge >= 0.3 is 0 Å². The minimum atomic E-state index is 0.313. The van der Waals surface area contributed by atoms with Crippen molar-refractivity contribution in [1.29, 1.82) is 0 Å². The highest BCUT2D eigenvalue weighted by atomic mass is 16.2. The Bertz CT molecular complexity index is 236. The van der Waals surface area contributed by atoms with Crippen LogP contribution in [0.5, 0.6) is 0 Å². The number of nitrogens with one attached hydrogen (secondary N) is 2. The Morgan fingerprint density at radius 3 is 2.64 bits per heavy atom. The van der Waals surface area contributed by atoms with Gasteiger partial charge in [-0.2, -0.15) is 0 Å². The molecule has 14 heavy (non-hydrogen) atoms. The molecule has 2 N–H and O–H groups in total. The first-order valence-electron chi connectivity index (χ1n) is 5.59. The summed E-state index contributed by atoms with van der Waals surface area (Å²) < 4.78 is 0. The number of carbonyl (C=O) groups excluding carboxylic acids is 1. The summed E-state index contributed by atoms with van der Waals surface area (Å²) in [5, 5.41) is 6.67. The second-order valence-electron chi connectivity index (χ2n) is 4.61. The Hall–Kier alpha value is -0.610. The maximum absolute atomic E-state index is 12.1. The van der Waals surface area contributed by atoms with E-state index in [1.54, 1.807) is 0 Å². The zero-order valence-corrected chi connectivity index (χ0v) is 8.33. The molecule has 4 rings (SSSR count). The molecule has 4 nitrogen and oxygen atoms in total. The van der Waals surface area contributed by atoms with Crippen LogP contribution in [0.3, 0.4) is 0 Å². The summed E-state index contributed by atoms with van der Waals surface area (Å²) in [7, 11) is 0. The summed E-state index contributed by atoms with van der Waals surface area (Å²) in [5.41, 5.74) is 0. The summed E-state index contributed by atoms with van der Waals surface area (Å²) in [5.74, 6) is 1.35. The minimum absolute atomic E-state index is 0.313. The molecular formula is C10H17N3O. The average molecular weight is 195 g/mol. The van der Waals surface area contributed by atoms with Crippen molar-refractivity contribution < 1.29 is 4.79 Å². The van der Waals surface area contributed by atoms with Gasteiger partial charge in [-0.1, -0.05) is 0 Å². The van der Waals surface area contributed by atoms with Crippen LogP contribution >= 0.6 is 0 Å². The molecule has 3 saturated heterocycles. The molecule has 4 fully saturated rings. The summed E-state index contributed by atoms with van der Waals surface area (Å²) >= 11 is 0. The molecule has 0 aromatic heterocycles. The van der Waals surface area contributed by atoms with Crippen LogP contribution in [-0.4, -0.2) is 49.6 Å². The lowest BCUT2D eigenvalue weighted by Crippen LogP contribution is -2.54. The van der Waals surface area contributed by atoms with Gasteiger partial charge in [-0.15, -0.1) is 0 Å². The largest absolute Gasteiger partial charge is 0.340 e. The first kappa shape index (κ1) is 8.68. The number of hydrogen-bond acceptors (Lipinski definition) is 3. The van der Waals surface area contributed by atoms with Crippen LogP contribution in [0.2, 0.25) is 0 Å². The third-order valence-corrected chi connectivity index (χ3v) is 3.85. The van der Waals surface area contributed by atoms with Crippen LogP contribution in [0.15, 0.2) is 0 Å². The maximum Gasteiger partial charge on any atom is 0.227 e. The first-order chi connectivity index (χ1) is 6.86. The molecule has 4 aliphatic rings. The van der Waals surface area contributed by atoms with E-state index in [0.717, 1.165) is 32.7 Å². The van der Waals surface area contributed by atoms with Crippen molar-refractivity contribution in [2.45, 2.75) is 12.5 Å². The van der Waals surface area contributed by atoms with E-state index in [1.165, 1.54) is 6.42 Å². The van der Waals surface area contributed by atoms with E-state index in [2.05, 4.69) is 10.6 Å². The van der Waals surface area contributed by atoms with Crippen LogP contribution in [-0.2, 0) is 4.79 Å². The number of fused-ring (bicyclic) bond motifs is 1. The molecule has 3 aliphatic heterocycles. The van der Waals surface area contributed by atoms with Gasteiger partial charge in [0, 0.05) is 32.2 Å². The Morgan fingerprint density at radius 2 is 2.07 bits per heavy atom. The fourth-order valence-electron chi connectivity index (χ4n) is 2.95. The number of hydrogen-bond donors (Lipinski definition) is 2. The van der Waals surface area contributed by atoms with E-state index in [9.17, 15) is 4.79 Å². The van der Waals surface area contributed by atoms with Crippen molar-refractivity contribution in [2.24, 2.45) is 11.8 Å². The van der Waals surface area contributed by atoms with Crippen molar-refractivity contribution in [1.82, 2.24) is 15.5 Å². The van der Waals surface area contributed by atoms with Gasteiger partial charge in [0.25, 0.3) is 0 Å². The summed E-state index contributed by atoms with van der Waals surface area (Å²) in [6.07, 6.45) is 1.22. The average Bonchev–Trinajstić information content (AvgIpc) is 2.81. The standard InChI is InChI=1S/C10H17N3O/c14-10(13-3-1-11-2-4-13)9-7-5-8(9)12-6-7/h7-9,11-12H,1-6H2. The smallest absolute Gasteiger partial charge is 0.227 e. The second kappa shape index (κ2) is 3.21. The van der Waals surface area contributed by atoms with Crippen LogP contribution in [0.4, 0.5) is 0 Å². The van der Waals surface area contributed by atoms with E-state index in [-0.39, 0.29) is 0 Å². The zero-order chi connectivity index (χ0) is 9.54. The third-order valence-electron chi connectivity index (χ3n) is 3.85. The van der Waals surface area contributed by atoms with E-state index >= 15 is 0 Å². The second-order valence-corrected chi connectivity index (χ2v) is 4.61. The van der Waals surface area contributed by atoms with Crippen LogP contribution in [0.1, 0.15) is 6.42 Å². The van der Waals surface area contributed by atoms with E-state index in [4.69, 9.17) is 0 Å². The maximum atomic E-state index is 12.1. The molecule has 0 spiro atoms. The van der Waals surface area contributed by atoms with Crippen molar-refractivity contribution in [3.05, 3.63) is 0 Å². The SMILES string of the molecule is O=C(C1C2CNC1C2)N1CCNCC1. The molecule has 1 aliphatic carbocycles. The number of carbonyl (C=O) groups is 1. The Kier molecular flexibility index (Phi) is 1.99. The molecule has 78 valence electrons. The van der Waals surface area contributed by atoms with Gasteiger partial charge < -0.3 is 15.5 Å². The van der Waals surface area contributed by atoms with Gasteiger partial charge in [-0.25, -0.2) is 0 Å². The van der Waals surface area contributed by atoms with E-state index in [0.29, 0.717) is 23.8 Å². The quantitative estimate of drug-likeness (QED) is 0.565. The Labute approximate surface area is 84.0 Å². The van der Waals surface area contributed by atoms with Crippen molar-refractivity contribution in [3.8, 4) is 0 Å². The molecule has 0 radical (unpaired) electrons. The molecule has 3 atom stereocenters. The number of rotatable bonds is 1. The van der Waals surface area contributed by atoms with Crippen molar-refractivity contribution >= 4 is 5.91 Å². The van der Waals surface area contributed by atoms with E-state index in [1.807, 2.05) is 4.90 Å². The van der Waals surface area contributed by atoms with Crippen LogP contribution in [0, 0.1) is 11.8 Å². The molecule has 3 heterocycles. The van der Waals surface area contributed by atoms with Crippen LogP contribution in [0.25, 0.3) is 0 Å². The highest BCUT2D eigenvalue weighted by molar-refractivity contribution is 5.81. The monoisotopic (exact) mass is 195 g/mol. The highest BCUT2D eigenvalue weighted by Gasteiger charge is 2.51. The van der Waals surface area contributed by atoms with Crippen LogP contribution < -0.4 is 10.6 Å². The normalized spacial score (nSPS) is 40.9. The summed E-state index contributed by atoms with van der Waals surface area (Å²) in [6.45, 7) is 4.78. The topological polar surface area (TPSA) is 44.4 Å². The first-order valence-corrected chi connectivity index (χ1v) is 5.59. The van der Waals surface area contributed by atoms with Gasteiger partial charge in [0.15, 0.2) is 0 Å². The van der Waals surface area contributed by atoms with Crippen molar-refractivity contribution in [2.75, 3.05) is 32.7 Å². The molecule has 3 unspecified atom stereocenters. The minimum Gasteiger partial charge on any atom is -0.340 e. The fourth-order valence-corrected chi connectivity index (χ4v) is 2.95. The molecule has 2 bridgehead atoms. The molecule has 0 aromatic rings. The lowest BCUT2D eigenvalue weighted by molar-refractivity contribution is -0.140. The lowest BCUT2D eigenvalue weighted by Gasteiger charge is -2.38. The van der Waals surface area contributed by atoms with Gasteiger partial charge in [-0.3, -0.25) is 4.79 Å². The molecule has 1 saturated carbocycles. The van der Waals surface area contributed by atoms with Crippen molar-refractivity contribution in [3.63, 3.8) is 0 Å². The number of piperazine rings is 1. The lowest BCUT2D eigenvalue weighted by atomic mass is 9.73. The molecule has 0 aromatic carbocycles. The Balaban J connectivity index is 1.64. The van der Waals surface area contributed by atoms with Gasteiger partial charge in [-0.05, 0) is 18.9 Å². The molecule has 1 amide bonds. The van der Waals surface area contributed by atoms with Gasteiger partial charge in [0.2, 0.25) is 5.91 Å². The zero-order valence-electron chi connectivity index (χ0n) is 8.33. The predicted molar refractivity (Wildman–Crippen MR) is 52.8 cm³/mol. The third kappa shape index (κ3) is 1.17. The van der Waals surface area contributed by atoms with E-state index < -0.39 is 0 Å². The fraction of sp³-hybridized carbons (Fsp3) is 0.900. The highest BCUT2D eigenvalue weighted by Crippen LogP contribution is 2.41. The predicted octanol–water partition coefficient (Wildman–Crippen LogP) is -0.974.